The second-order valence-electron chi connectivity index (χ2n) is 4.67. The van der Waals surface area contributed by atoms with E-state index in [2.05, 4.69) is 26.1 Å². The second-order valence-corrected chi connectivity index (χ2v) is 4.67. The van der Waals surface area contributed by atoms with E-state index in [4.69, 9.17) is 0 Å². The number of carbonyl (C=O) groups excluding carboxylic acids is 1. The molecule has 0 radical (unpaired) electrons. The molecule has 1 unspecified atom stereocenters. The molecule has 0 aromatic heterocycles. The molecule has 1 atom stereocenters. The van der Waals surface area contributed by atoms with E-state index in [1.54, 1.807) is 0 Å². The minimum Gasteiger partial charge on any atom is -0.305 e. The Morgan fingerprint density at radius 3 is 2.50 bits per heavy atom. The van der Waals surface area contributed by atoms with Crippen molar-refractivity contribution in [2.75, 3.05) is 6.54 Å². The Morgan fingerprint density at radius 2 is 2.07 bits per heavy atom. The summed E-state index contributed by atoms with van der Waals surface area (Å²) in [7, 11) is 0. The van der Waals surface area contributed by atoms with Gasteiger partial charge in [0.05, 0.1) is 5.54 Å². The van der Waals surface area contributed by atoms with E-state index in [1.165, 1.54) is 0 Å². The maximum Gasteiger partial charge on any atom is 0.152 e. The first kappa shape index (κ1) is 11.7. The summed E-state index contributed by atoms with van der Waals surface area (Å²) in [6, 6.07) is 0. The van der Waals surface area contributed by atoms with Crippen molar-refractivity contribution in [2.45, 2.75) is 58.4 Å². The highest BCUT2D eigenvalue weighted by Gasteiger charge is 2.35. The van der Waals surface area contributed by atoms with Crippen molar-refractivity contribution in [1.29, 1.82) is 0 Å². The Morgan fingerprint density at radius 1 is 1.43 bits per heavy atom. The highest BCUT2D eigenvalue weighted by molar-refractivity contribution is 5.88. The first-order chi connectivity index (χ1) is 6.62. The predicted molar refractivity (Wildman–Crippen MR) is 59.3 cm³/mol. The molecule has 0 amide bonds. The molecule has 1 fully saturated rings. The largest absolute Gasteiger partial charge is 0.305 e. The quantitative estimate of drug-likeness (QED) is 0.733. The summed E-state index contributed by atoms with van der Waals surface area (Å²) in [6.07, 6.45) is 5.17. The number of Topliss-reactive ketones (excluding diaryl/α,β-unsaturated/α-hetero) is 1. The number of hydrogen-bond acceptors (Lipinski definition) is 2. The number of carbonyl (C=O) groups is 1. The van der Waals surface area contributed by atoms with Gasteiger partial charge < -0.3 is 5.32 Å². The van der Waals surface area contributed by atoms with Crippen molar-refractivity contribution in [3.8, 4) is 0 Å². The standard InChI is InChI=1S/C12H23NO/c1-4-10(5-2)9-11(14)12(3)7-6-8-13-12/h10,13H,4-9H2,1-3H3. The van der Waals surface area contributed by atoms with Crippen molar-refractivity contribution in [3.05, 3.63) is 0 Å². The Bertz CT molecular complexity index is 190. The SMILES string of the molecule is CCC(CC)CC(=O)C1(C)CCCN1. The molecule has 0 saturated carbocycles. The molecule has 1 N–H and O–H groups in total. The van der Waals surface area contributed by atoms with Crippen LogP contribution in [0.25, 0.3) is 0 Å². The molecule has 0 spiro atoms. The van der Waals surface area contributed by atoms with Crippen LogP contribution in [0.5, 0.6) is 0 Å². The van der Waals surface area contributed by atoms with Gasteiger partial charge in [-0.05, 0) is 32.2 Å². The van der Waals surface area contributed by atoms with Gasteiger partial charge in [0.2, 0.25) is 0 Å². The minimum absolute atomic E-state index is 0.206. The average Bonchev–Trinajstić information content (AvgIpc) is 2.62. The van der Waals surface area contributed by atoms with E-state index in [0.29, 0.717) is 11.7 Å². The monoisotopic (exact) mass is 197 g/mol. The summed E-state index contributed by atoms with van der Waals surface area (Å²) in [6.45, 7) is 7.41. The van der Waals surface area contributed by atoms with Crippen LogP contribution in [0.1, 0.15) is 52.9 Å². The van der Waals surface area contributed by atoms with Crippen molar-refractivity contribution >= 4 is 5.78 Å². The first-order valence-corrected chi connectivity index (χ1v) is 5.90. The van der Waals surface area contributed by atoms with E-state index in [1.807, 2.05) is 0 Å². The summed E-state index contributed by atoms with van der Waals surface area (Å²) < 4.78 is 0. The number of rotatable bonds is 5. The van der Waals surface area contributed by atoms with Gasteiger partial charge in [0, 0.05) is 6.42 Å². The molecule has 1 saturated heterocycles. The average molecular weight is 197 g/mol. The lowest BCUT2D eigenvalue weighted by atomic mass is 9.86. The normalized spacial score (nSPS) is 27.1. The number of nitrogens with one attached hydrogen (secondary N) is 1. The number of hydrogen-bond donors (Lipinski definition) is 1. The van der Waals surface area contributed by atoms with Crippen LogP contribution >= 0.6 is 0 Å². The minimum atomic E-state index is -0.206. The van der Waals surface area contributed by atoms with Gasteiger partial charge in [0.1, 0.15) is 0 Å². The maximum absolute atomic E-state index is 12.0. The molecule has 0 aromatic rings. The van der Waals surface area contributed by atoms with Crippen LogP contribution in [-0.2, 0) is 4.79 Å². The lowest BCUT2D eigenvalue weighted by Gasteiger charge is -2.24. The zero-order chi connectivity index (χ0) is 10.6. The van der Waals surface area contributed by atoms with Crippen LogP contribution in [0.3, 0.4) is 0 Å². The van der Waals surface area contributed by atoms with Crippen LogP contribution in [-0.4, -0.2) is 17.9 Å². The van der Waals surface area contributed by atoms with Gasteiger partial charge in [-0.3, -0.25) is 4.79 Å². The smallest absolute Gasteiger partial charge is 0.152 e. The van der Waals surface area contributed by atoms with Gasteiger partial charge in [-0.2, -0.15) is 0 Å². The number of ketones is 1. The van der Waals surface area contributed by atoms with Crippen LogP contribution in [0.4, 0.5) is 0 Å². The van der Waals surface area contributed by atoms with Crippen molar-refractivity contribution in [1.82, 2.24) is 5.32 Å². The van der Waals surface area contributed by atoms with E-state index in [9.17, 15) is 4.79 Å². The molecule has 0 aliphatic carbocycles. The van der Waals surface area contributed by atoms with Crippen LogP contribution in [0.15, 0.2) is 0 Å². The highest BCUT2D eigenvalue weighted by Crippen LogP contribution is 2.24. The third kappa shape index (κ3) is 2.57. The Kier molecular flexibility index (Phi) is 4.11. The summed E-state index contributed by atoms with van der Waals surface area (Å²) in [5.41, 5.74) is -0.206. The summed E-state index contributed by atoms with van der Waals surface area (Å²) in [5.74, 6) is 1.01. The lowest BCUT2D eigenvalue weighted by molar-refractivity contribution is -0.125. The van der Waals surface area contributed by atoms with Crippen molar-refractivity contribution < 1.29 is 4.79 Å². The maximum atomic E-state index is 12.0. The first-order valence-electron chi connectivity index (χ1n) is 5.90. The van der Waals surface area contributed by atoms with E-state index in [-0.39, 0.29) is 5.54 Å². The molecule has 1 rings (SSSR count). The Hall–Kier alpha value is -0.370. The summed E-state index contributed by atoms with van der Waals surface area (Å²) in [4.78, 5) is 12.0. The summed E-state index contributed by atoms with van der Waals surface area (Å²) >= 11 is 0. The lowest BCUT2D eigenvalue weighted by Crippen LogP contribution is -2.45. The Labute approximate surface area is 87.5 Å². The van der Waals surface area contributed by atoms with Crippen molar-refractivity contribution in [3.63, 3.8) is 0 Å². The molecule has 2 heteroatoms. The third-order valence-corrected chi connectivity index (χ3v) is 3.61. The molecule has 1 aliphatic rings. The van der Waals surface area contributed by atoms with E-state index < -0.39 is 0 Å². The Balaban J connectivity index is 2.48. The molecule has 0 bridgehead atoms. The zero-order valence-corrected chi connectivity index (χ0v) is 9.73. The van der Waals surface area contributed by atoms with Crippen LogP contribution in [0, 0.1) is 5.92 Å². The van der Waals surface area contributed by atoms with Gasteiger partial charge in [-0.1, -0.05) is 26.7 Å². The van der Waals surface area contributed by atoms with E-state index in [0.717, 1.165) is 38.6 Å². The fraction of sp³-hybridized carbons (Fsp3) is 0.917. The highest BCUT2D eigenvalue weighted by atomic mass is 16.1. The second kappa shape index (κ2) is 4.92. The van der Waals surface area contributed by atoms with E-state index >= 15 is 0 Å². The molecule has 2 nitrogen and oxygen atoms in total. The molecule has 1 aliphatic heterocycles. The van der Waals surface area contributed by atoms with Crippen molar-refractivity contribution in [2.24, 2.45) is 5.92 Å². The van der Waals surface area contributed by atoms with Gasteiger partial charge in [0.15, 0.2) is 5.78 Å². The molecular weight excluding hydrogens is 174 g/mol. The molecule has 82 valence electrons. The van der Waals surface area contributed by atoms with Gasteiger partial charge in [-0.25, -0.2) is 0 Å². The molecular formula is C12H23NO. The predicted octanol–water partition coefficient (Wildman–Crippen LogP) is 2.52. The third-order valence-electron chi connectivity index (χ3n) is 3.61. The van der Waals surface area contributed by atoms with Gasteiger partial charge in [0.25, 0.3) is 0 Å². The molecule has 14 heavy (non-hydrogen) atoms. The van der Waals surface area contributed by atoms with Crippen LogP contribution < -0.4 is 5.32 Å². The fourth-order valence-corrected chi connectivity index (χ4v) is 2.20. The topological polar surface area (TPSA) is 29.1 Å². The van der Waals surface area contributed by atoms with Gasteiger partial charge >= 0.3 is 0 Å². The molecule has 0 aromatic carbocycles. The fourth-order valence-electron chi connectivity index (χ4n) is 2.20. The summed E-state index contributed by atoms with van der Waals surface area (Å²) in [5, 5.41) is 3.34. The van der Waals surface area contributed by atoms with Crippen LogP contribution in [0.2, 0.25) is 0 Å². The van der Waals surface area contributed by atoms with Gasteiger partial charge in [-0.15, -0.1) is 0 Å². The zero-order valence-electron chi connectivity index (χ0n) is 9.73. The molecule has 1 heterocycles.